The number of hydrogen-bond donors (Lipinski definition) is 1. The van der Waals surface area contributed by atoms with E-state index in [1.807, 2.05) is 0 Å². The second-order valence-corrected chi connectivity index (χ2v) is 12.7. The minimum atomic E-state index is -0.230. The summed E-state index contributed by atoms with van der Waals surface area (Å²) in [6.07, 6.45) is 14.9. The first-order chi connectivity index (χ1) is 13.6. The Kier molecular flexibility index (Phi) is 4.84. The monoisotopic (exact) mass is 400 g/mol. The topological polar surface area (TPSA) is 29.5 Å². The summed E-state index contributed by atoms with van der Waals surface area (Å²) in [7, 11) is 0. The van der Waals surface area contributed by atoms with E-state index in [1.54, 1.807) is 0 Å². The normalized spacial score (nSPS) is 54.1. The lowest BCUT2D eigenvalue weighted by atomic mass is 9.46. The van der Waals surface area contributed by atoms with Crippen LogP contribution in [0.15, 0.2) is 11.6 Å². The zero-order valence-corrected chi connectivity index (χ0v) is 19.5. The van der Waals surface area contributed by atoms with Gasteiger partial charge in [-0.25, -0.2) is 0 Å². The largest absolute Gasteiger partial charge is 0.393 e. The van der Waals surface area contributed by atoms with Crippen LogP contribution in [0.3, 0.4) is 0 Å². The number of allylic oxidation sites excluding steroid dienone is 1. The van der Waals surface area contributed by atoms with Crippen molar-refractivity contribution in [3.63, 3.8) is 0 Å². The molecule has 5 rings (SSSR count). The molecule has 1 N–H and O–H groups in total. The maximum atomic E-state index is 10.7. The number of aliphatic hydroxyl groups is 1. The van der Waals surface area contributed by atoms with E-state index >= 15 is 0 Å². The Bertz CT molecular complexity index is 680. The van der Waals surface area contributed by atoms with Crippen LogP contribution in [-0.4, -0.2) is 22.9 Å². The molecular weight excluding hydrogens is 356 g/mol. The number of fused-ring (bicyclic) bond motifs is 2. The van der Waals surface area contributed by atoms with Gasteiger partial charge >= 0.3 is 0 Å². The smallest absolute Gasteiger partial charge is 0.0700 e. The molecular formula is C27H44O2. The van der Waals surface area contributed by atoms with Gasteiger partial charge in [-0.1, -0.05) is 45.3 Å². The summed E-state index contributed by atoms with van der Waals surface area (Å²) in [4.78, 5) is 0. The zero-order chi connectivity index (χ0) is 20.6. The molecule has 0 aromatic rings. The number of aliphatic hydroxyl groups excluding tert-OH is 1. The zero-order valence-electron chi connectivity index (χ0n) is 19.5. The average Bonchev–Trinajstić information content (AvgIpc) is 2.99. The minimum absolute atomic E-state index is 0.0997. The fraction of sp³-hybridized carbons (Fsp3) is 0.926. The minimum Gasteiger partial charge on any atom is -0.393 e. The van der Waals surface area contributed by atoms with Gasteiger partial charge in [0.2, 0.25) is 0 Å². The number of ether oxygens (including phenoxy) is 1. The summed E-state index contributed by atoms with van der Waals surface area (Å²) >= 11 is 0. The molecule has 5 aliphatic rings. The van der Waals surface area contributed by atoms with Crippen LogP contribution in [0.25, 0.3) is 0 Å². The molecule has 1 saturated heterocycles. The Balaban J connectivity index is 1.60. The van der Waals surface area contributed by atoms with Gasteiger partial charge in [0.05, 0.1) is 17.8 Å². The third-order valence-corrected chi connectivity index (χ3v) is 10.8. The standard InChI is InChI=1S/C27H44O2/c1-17-7-6-13-25(2,3)29-24-16-19(28)15-18-8-9-20-22-11-10-21(17)26(22,4)14-12-23(20)27(18,24)5/h8,17,19-24,28H,6-7,9-16H2,1-5H3/t17-,19-,20+,21-,22+,23+,24?,26-,27+/m1/s1. The van der Waals surface area contributed by atoms with Crippen molar-refractivity contribution in [3.05, 3.63) is 11.6 Å². The summed E-state index contributed by atoms with van der Waals surface area (Å²) in [5.41, 5.74) is 2.10. The fourth-order valence-corrected chi connectivity index (χ4v) is 9.32. The highest BCUT2D eigenvalue weighted by Gasteiger charge is 2.61. The van der Waals surface area contributed by atoms with Crippen molar-refractivity contribution < 1.29 is 9.84 Å². The van der Waals surface area contributed by atoms with E-state index in [4.69, 9.17) is 4.74 Å². The van der Waals surface area contributed by atoms with Crippen LogP contribution < -0.4 is 0 Å². The SMILES string of the molecule is C[C@@H]1CCCC(C)(C)OC2C[C@H](O)CC3=CC[C@H]4[C@@H]5CC[C@H]1[C@@]5(C)CC[C@@H]4[C@]32C. The van der Waals surface area contributed by atoms with Crippen LogP contribution in [0.4, 0.5) is 0 Å². The highest BCUT2D eigenvalue weighted by atomic mass is 16.5. The van der Waals surface area contributed by atoms with Gasteiger partial charge < -0.3 is 9.84 Å². The lowest BCUT2D eigenvalue weighted by Gasteiger charge is -2.60. The fourth-order valence-electron chi connectivity index (χ4n) is 9.32. The second kappa shape index (κ2) is 6.83. The molecule has 2 bridgehead atoms. The molecule has 29 heavy (non-hydrogen) atoms. The predicted octanol–water partition coefficient (Wildman–Crippen LogP) is 6.52. The summed E-state index contributed by atoms with van der Waals surface area (Å²) < 4.78 is 6.97. The molecule has 0 spiro atoms. The van der Waals surface area contributed by atoms with Crippen molar-refractivity contribution in [1.82, 2.24) is 0 Å². The Hall–Kier alpha value is -0.340. The Labute approximate surface area is 178 Å². The highest BCUT2D eigenvalue weighted by molar-refractivity contribution is 5.28. The van der Waals surface area contributed by atoms with Gasteiger partial charge in [-0.2, -0.15) is 0 Å². The first kappa shape index (κ1) is 20.6. The third-order valence-electron chi connectivity index (χ3n) is 10.8. The van der Waals surface area contributed by atoms with Gasteiger partial charge in [-0.3, -0.25) is 0 Å². The van der Waals surface area contributed by atoms with Crippen LogP contribution in [0, 0.1) is 40.4 Å². The van der Waals surface area contributed by atoms with Gasteiger partial charge in [0.1, 0.15) is 0 Å². The van der Waals surface area contributed by atoms with Crippen molar-refractivity contribution >= 4 is 0 Å². The molecule has 3 saturated carbocycles. The Morgan fingerprint density at radius 1 is 0.966 bits per heavy atom. The second-order valence-electron chi connectivity index (χ2n) is 12.7. The molecule has 0 amide bonds. The predicted molar refractivity (Wildman–Crippen MR) is 119 cm³/mol. The molecule has 1 unspecified atom stereocenters. The molecule has 1 aliphatic heterocycles. The van der Waals surface area contributed by atoms with Crippen molar-refractivity contribution in [2.45, 2.75) is 117 Å². The van der Waals surface area contributed by atoms with E-state index in [0.717, 1.165) is 48.9 Å². The molecule has 164 valence electrons. The van der Waals surface area contributed by atoms with Crippen molar-refractivity contribution in [2.24, 2.45) is 40.4 Å². The Morgan fingerprint density at radius 2 is 1.72 bits per heavy atom. The molecule has 1 heterocycles. The number of rotatable bonds is 0. The van der Waals surface area contributed by atoms with Crippen LogP contribution in [0.1, 0.15) is 98.8 Å². The molecule has 0 aromatic heterocycles. The van der Waals surface area contributed by atoms with Crippen molar-refractivity contribution in [3.8, 4) is 0 Å². The first-order valence-electron chi connectivity index (χ1n) is 12.7. The molecule has 9 atom stereocenters. The van der Waals surface area contributed by atoms with Crippen molar-refractivity contribution in [2.75, 3.05) is 0 Å². The number of hydrogen-bond acceptors (Lipinski definition) is 2. The summed E-state index contributed by atoms with van der Waals surface area (Å²) in [5, 5.41) is 10.7. The average molecular weight is 401 g/mol. The quantitative estimate of drug-likeness (QED) is 0.469. The van der Waals surface area contributed by atoms with Crippen LogP contribution >= 0.6 is 0 Å². The van der Waals surface area contributed by atoms with Gasteiger partial charge in [-0.15, -0.1) is 0 Å². The van der Waals surface area contributed by atoms with E-state index in [9.17, 15) is 5.11 Å². The molecule has 0 radical (unpaired) electrons. The summed E-state index contributed by atoms with van der Waals surface area (Å²) in [6.45, 7) is 12.4. The van der Waals surface area contributed by atoms with E-state index in [2.05, 4.69) is 40.7 Å². The maximum Gasteiger partial charge on any atom is 0.0700 e. The Morgan fingerprint density at radius 3 is 2.52 bits per heavy atom. The molecule has 4 fully saturated rings. The van der Waals surface area contributed by atoms with E-state index < -0.39 is 0 Å². The van der Waals surface area contributed by atoms with Crippen LogP contribution in [0.5, 0.6) is 0 Å². The van der Waals surface area contributed by atoms with Crippen LogP contribution in [-0.2, 0) is 4.74 Å². The summed E-state index contributed by atoms with van der Waals surface area (Å²) in [5.74, 6) is 4.21. The lowest BCUT2D eigenvalue weighted by molar-refractivity contribution is -0.175. The summed E-state index contributed by atoms with van der Waals surface area (Å²) in [6, 6.07) is 0. The molecule has 4 aliphatic carbocycles. The van der Waals surface area contributed by atoms with E-state index in [1.165, 1.54) is 50.5 Å². The van der Waals surface area contributed by atoms with Gasteiger partial charge in [0.15, 0.2) is 0 Å². The van der Waals surface area contributed by atoms with E-state index in [-0.39, 0.29) is 23.2 Å². The third kappa shape index (κ3) is 3.02. The highest BCUT2D eigenvalue weighted by Crippen LogP contribution is 2.68. The van der Waals surface area contributed by atoms with E-state index in [0.29, 0.717) is 5.41 Å². The molecule has 2 heteroatoms. The van der Waals surface area contributed by atoms with Crippen molar-refractivity contribution in [1.29, 1.82) is 0 Å². The van der Waals surface area contributed by atoms with Gasteiger partial charge in [-0.05, 0) is 93.8 Å². The molecule has 2 nitrogen and oxygen atoms in total. The van der Waals surface area contributed by atoms with Crippen LogP contribution in [0.2, 0.25) is 0 Å². The first-order valence-corrected chi connectivity index (χ1v) is 12.7. The van der Waals surface area contributed by atoms with Gasteiger partial charge in [0, 0.05) is 11.8 Å². The maximum absolute atomic E-state index is 10.7. The lowest BCUT2D eigenvalue weighted by Crippen LogP contribution is -2.57. The van der Waals surface area contributed by atoms with Gasteiger partial charge in [0.25, 0.3) is 0 Å². The molecule has 0 aromatic carbocycles.